The van der Waals surface area contributed by atoms with Crippen molar-refractivity contribution in [1.82, 2.24) is 9.97 Å². The van der Waals surface area contributed by atoms with E-state index in [2.05, 4.69) is 22.2 Å². The van der Waals surface area contributed by atoms with Gasteiger partial charge >= 0.3 is 0 Å². The molecule has 1 fully saturated rings. The van der Waals surface area contributed by atoms with E-state index in [4.69, 9.17) is 31.9 Å². The molecule has 3 unspecified atom stereocenters. The van der Waals surface area contributed by atoms with Crippen molar-refractivity contribution in [2.24, 2.45) is 0 Å². The van der Waals surface area contributed by atoms with Crippen molar-refractivity contribution >= 4 is 34.9 Å². The first-order valence-corrected chi connectivity index (χ1v) is 10.4. The highest BCUT2D eigenvalue weighted by Gasteiger charge is 2.39. The number of aliphatic hydroxyl groups excluding tert-OH is 1. The van der Waals surface area contributed by atoms with Gasteiger partial charge in [0.15, 0.2) is 21.9 Å². The van der Waals surface area contributed by atoms with Crippen LogP contribution >= 0.6 is 23.4 Å². The number of anilines is 2. The second-order valence-electron chi connectivity index (χ2n) is 6.96. The molecule has 27 heavy (non-hydrogen) atoms. The Balaban J connectivity index is 2.10. The van der Waals surface area contributed by atoms with Gasteiger partial charge in [-0.1, -0.05) is 30.3 Å². The Morgan fingerprint density at radius 3 is 2.67 bits per heavy atom. The molecule has 0 aliphatic heterocycles. The van der Waals surface area contributed by atoms with Gasteiger partial charge in [-0.3, -0.25) is 0 Å². The lowest BCUT2D eigenvalue weighted by molar-refractivity contribution is -0.224. The Morgan fingerprint density at radius 1 is 1.33 bits per heavy atom. The van der Waals surface area contributed by atoms with Crippen LogP contribution in [-0.2, 0) is 9.47 Å². The van der Waals surface area contributed by atoms with Crippen molar-refractivity contribution in [3.05, 3.63) is 5.15 Å². The van der Waals surface area contributed by atoms with Crippen LogP contribution in [0.2, 0.25) is 5.15 Å². The van der Waals surface area contributed by atoms with Crippen molar-refractivity contribution in [3.8, 4) is 0 Å². The summed E-state index contributed by atoms with van der Waals surface area (Å²) in [6.45, 7) is 5.38. The lowest BCUT2D eigenvalue weighted by atomic mass is 10.2. The smallest absolute Gasteiger partial charge is 0.191 e. The van der Waals surface area contributed by atoms with Gasteiger partial charge < -0.3 is 30.7 Å². The van der Waals surface area contributed by atoms with Gasteiger partial charge in [0, 0.05) is 11.8 Å². The first-order chi connectivity index (χ1) is 12.7. The van der Waals surface area contributed by atoms with Crippen LogP contribution in [0.3, 0.4) is 0 Å². The monoisotopic (exact) mass is 420 g/mol. The van der Waals surface area contributed by atoms with E-state index in [-0.39, 0.29) is 36.6 Å². The first-order valence-electron chi connectivity index (χ1n) is 9.08. The van der Waals surface area contributed by atoms with E-state index in [9.17, 15) is 5.11 Å². The Labute approximate surface area is 169 Å². The Hall–Kier alpha value is -0.840. The molecule has 3 atom stereocenters. The minimum atomic E-state index is -1.28. The maximum atomic E-state index is 9.99. The number of nitrogens with zero attached hydrogens (tertiary/aromatic N) is 2. The fourth-order valence-electron chi connectivity index (χ4n) is 2.94. The predicted molar refractivity (Wildman–Crippen MR) is 107 cm³/mol. The first kappa shape index (κ1) is 22.4. The molecule has 1 heterocycles. The van der Waals surface area contributed by atoms with Crippen molar-refractivity contribution in [3.63, 3.8) is 0 Å². The molecule has 154 valence electrons. The number of thioether (sulfide) groups is 1. The Bertz CT molecular complexity index is 617. The largest absolute Gasteiger partial charge is 0.394 e. The van der Waals surface area contributed by atoms with Crippen LogP contribution in [0, 0.1) is 0 Å². The zero-order valence-corrected chi connectivity index (χ0v) is 17.5. The average Bonchev–Trinajstić information content (AvgIpc) is 2.94. The van der Waals surface area contributed by atoms with Crippen molar-refractivity contribution in [2.75, 3.05) is 30.0 Å². The number of aliphatic hydroxyl groups is 2. The topological polar surface area (TPSA) is 123 Å². The number of nitrogens with two attached hydrogens (primary N) is 1. The highest BCUT2D eigenvalue weighted by Crippen LogP contribution is 2.33. The van der Waals surface area contributed by atoms with Crippen LogP contribution in [0.5, 0.6) is 0 Å². The van der Waals surface area contributed by atoms with Crippen molar-refractivity contribution in [2.45, 2.75) is 69.2 Å². The molecule has 1 aromatic heterocycles. The van der Waals surface area contributed by atoms with Gasteiger partial charge in [0.2, 0.25) is 0 Å². The van der Waals surface area contributed by atoms with E-state index in [0.717, 1.165) is 12.2 Å². The number of hydrogen-bond acceptors (Lipinski definition) is 9. The molecular formula is C17H29ClN4O4S. The number of aromatic nitrogens is 2. The van der Waals surface area contributed by atoms with Gasteiger partial charge in [-0.05, 0) is 33.1 Å². The SMILES string of the molecule is CCCSc1nc(Cl)c(N)c(NC2CC(OCCO)C(OC(C)(C)O)C2)n1. The number of nitrogens with one attached hydrogen (secondary N) is 1. The van der Waals surface area contributed by atoms with Gasteiger partial charge in [0.25, 0.3) is 0 Å². The molecule has 0 amide bonds. The number of ether oxygens (including phenoxy) is 2. The van der Waals surface area contributed by atoms with Crippen LogP contribution in [-0.4, -0.2) is 63.2 Å². The van der Waals surface area contributed by atoms with Crippen LogP contribution < -0.4 is 11.1 Å². The number of halogens is 1. The third kappa shape index (κ3) is 6.92. The molecule has 5 N–H and O–H groups in total. The van der Waals surface area contributed by atoms with E-state index in [1.165, 1.54) is 11.8 Å². The third-order valence-corrected chi connectivity index (χ3v) is 5.31. The van der Waals surface area contributed by atoms with E-state index >= 15 is 0 Å². The number of hydrogen-bond donors (Lipinski definition) is 4. The minimum Gasteiger partial charge on any atom is -0.394 e. The molecule has 0 saturated heterocycles. The van der Waals surface area contributed by atoms with Gasteiger partial charge in [0.1, 0.15) is 5.69 Å². The van der Waals surface area contributed by atoms with Crippen LogP contribution in [0.4, 0.5) is 11.5 Å². The van der Waals surface area contributed by atoms with E-state index in [1.54, 1.807) is 13.8 Å². The third-order valence-electron chi connectivity index (χ3n) is 3.97. The number of rotatable bonds is 10. The standard InChI is InChI=1S/C17H29ClN4O4S/c1-4-7-27-16-21-14(18)13(19)15(22-16)20-10-8-11(25-6-5-23)12(9-10)26-17(2,3)24/h10-12,23-24H,4-9,19H2,1-3H3,(H,20,21,22). The summed E-state index contributed by atoms with van der Waals surface area (Å²) in [6, 6.07) is -0.0293. The molecule has 1 aromatic rings. The molecule has 10 heteroatoms. The van der Waals surface area contributed by atoms with E-state index < -0.39 is 5.79 Å². The van der Waals surface area contributed by atoms with Crippen molar-refractivity contribution in [1.29, 1.82) is 0 Å². The summed E-state index contributed by atoms with van der Waals surface area (Å²) in [5.41, 5.74) is 6.35. The lowest BCUT2D eigenvalue weighted by Gasteiger charge is -2.27. The minimum absolute atomic E-state index is 0.0293. The maximum absolute atomic E-state index is 9.99. The fraction of sp³-hybridized carbons (Fsp3) is 0.765. The number of nitrogen functional groups attached to an aromatic ring is 1. The zero-order chi connectivity index (χ0) is 20.0. The van der Waals surface area contributed by atoms with Crippen LogP contribution in [0.25, 0.3) is 0 Å². The fourth-order valence-corrected chi connectivity index (χ4v) is 3.85. The van der Waals surface area contributed by atoms with Crippen molar-refractivity contribution < 1.29 is 19.7 Å². The van der Waals surface area contributed by atoms with Gasteiger partial charge in [0.05, 0.1) is 25.4 Å². The quantitative estimate of drug-likeness (QED) is 0.195. The maximum Gasteiger partial charge on any atom is 0.191 e. The summed E-state index contributed by atoms with van der Waals surface area (Å²) in [5, 5.41) is 23.1. The van der Waals surface area contributed by atoms with Crippen LogP contribution in [0.15, 0.2) is 5.16 Å². The van der Waals surface area contributed by atoms with Gasteiger partial charge in [-0.15, -0.1) is 0 Å². The summed E-state index contributed by atoms with van der Waals surface area (Å²) < 4.78 is 11.4. The molecule has 0 spiro atoms. The highest BCUT2D eigenvalue weighted by molar-refractivity contribution is 7.99. The molecule has 2 rings (SSSR count). The van der Waals surface area contributed by atoms with Gasteiger partial charge in [-0.2, -0.15) is 0 Å². The lowest BCUT2D eigenvalue weighted by Crippen LogP contribution is -2.36. The molecule has 0 aromatic carbocycles. The Morgan fingerprint density at radius 2 is 2.04 bits per heavy atom. The normalized spacial score (nSPS) is 23.0. The molecule has 0 radical (unpaired) electrons. The molecule has 1 aliphatic rings. The van der Waals surface area contributed by atoms with Gasteiger partial charge in [-0.25, -0.2) is 9.97 Å². The summed E-state index contributed by atoms with van der Waals surface area (Å²) in [7, 11) is 0. The summed E-state index contributed by atoms with van der Waals surface area (Å²) in [4.78, 5) is 8.69. The highest BCUT2D eigenvalue weighted by atomic mass is 35.5. The van der Waals surface area contributed by atoms with E-state index in [1.807, 2.05) is 0 Å². The zero-order valence-electron chi connectivity index (χ0n) is 15.9. The van der Waals surface area contributed by atoms with E-state index in [0.29, 0.717) is 29.5 Å². The second kappa shape index (κ2) is 10.1. The predicted octanol–water partition coefficient (Wildman–Crippen LogP) is 2.28. The molecule has 0 bridgehead atoms. The average molecular weight is 421 g/mol. The molecular weight excluding hydrogens is 392 g/mol. The molecule has 1 saturated carbocycles. The second-order valence-corrected chi connectivity index (χ2v) is 8.38. The summed E-state index contributed by atoms with van der Waals surface area (Å²) >= 11 is 7.68. The van der Waals surface area contributed by atoms with Crippen LogP contribution in [0.1, 0.15) is 40.0 Å². The molecule has 1 aliphatic carbocycles. The Kier molecular flexibility index (Phi) is 8.39. The molecule has 8 nitrogen and oxygen atoms in total. The summed E-state index contributed by atoms with van der Waals surface area (Å²) in [5.74, 6) is 0.104. The summed E-state index contributed by atoms with van der Waals surface area (Å²) in [6.07, 6.45) is 1.65.